The van der Waals surface area contributed by atoms with Gasteiger partial charge in [-0.05, 0) is 44.0 Å². The van der Waals surface area contributed by atoms with Gasteiger partial charge >= 0.3 is 5.97 Å². The number of carbonyl (C=O) groups is 1. The van der Waals surface area contributed by atoms with E-state index in [0.717, 1.165) is 11.3 Å². The Morgan fingerprint density at radius 3 is 2.75 bits per heavy atom. The highest BCUT2D eigenvalue weighted by Crippen LogP contribution is 2.32. The molecule has 3 aromatic rings. The Labute approximate surface area is 170 Å². The predicted octanol–water partition coefficient (Wildman–Crippen LogP) is 4.34. The van der Waals surface area contributed by atoms with Gasteiger partial charge in [-0.25, -0.2) is 9.78 Å². The van der Waals surface area contributed by atoms with Crippen molar-refractivity contribution >= 4 is 39.3 Å². The minimum atomic E-state index is -0.424. The van der Waals surface area contributed by atoms with Crippen molar-refractivity contribution in [1.82, 2.24) is 9.97 Å². The summed E-state index contributed by atoms with van der Waals surface area (Å²) in [5, 5.41) is 9.27. The molecule has 144 valence electrons. The first-order valence-corrected chi connectivity index (χ1v) is 10.6. The maximum absolute atomic E-state index is 12.6. The highest BCUT2D eigenvalue weighted by molar-refractivity contribution is 7.98. The van der Waals surface area contributed by atoms with Gasteiger partial charge in [0.25, 0.3) is 5.56 Å². The molecule has 0 saturated heterocycles. The molecule has 2 aromatic heterocycles. The number of benzene rings is 1. The van der Waals surface area contributed by atoms with Gasteiger partial charge in [0.05, 0.1) is 28.9 Å². The molecular weight excluding hydrogens is 394 g/mol. The lowest BCUT2D eigenvalue weighted by Crippen LogP contribution is -2.13. The van der Waals surface area contributed by atoms with Gasteiger partial charge in [-0.3, -0.25) is 4.79 Å². The Balaban J connectivity index is 1.83. The molecule has 1 N–H and O–H groups in total. The molecule has 0 saturated carbocycles. The molecule has 0 spiro atoms. The first-order chi connectivity index (χ1) is 13.4. The van der Waals surface area contributed by atoms with Gasteiger partial charge in [-0.15, -0.1) is 23.1 Å². The number of thiophene rings is 1. The minimum Gasteiger partial charge on any atom is -0.462 e. The number of hydrogen-bond donors (Lipinski definition) is 1. The summed E-state index contributed by atoms with van der Waals surface area (Å²) < 4.78 is 5.07. The lowest BCUT2D eigenvalue weighted by molar-refractivity contribution is 0.0531. The molecule has 0 aliphatic heterocycles. The van der Waals surface area contributed by atoms with Gasteiger partial charge in [0.2, 0.25) is 0 Å². The van der Waals surface area contributed by atoms with Crippen molar-refractivity contribution in [2.45, 2.75) is 31.8 Å². The van der Waals surface area contributed by atoms with Gasteiger partial charge in [0.15, 0.2) is 0 Å². The number of carbonyl (C=O) groups excluding carboxylic acids is 1. The van der Waals surface area contributed by atoms with Crippen molar-refractivity contribution < 1.29 is 9.53 Å². The number of hydrogen-bond acceptors (Lipinski definition) is 7. The van der Waals surface area contributed by atoms with Crippen LogP contribution in [0.25, 0.3) is 10.2 Å². The van der Waals surface area contributed by atoms with E-state index in [1.54, 1.807) is 37.7 Å². The van der Waals surface area contributed by atoms with E-state index < -0.39 is 5.97 Å². The quantitative estimate of drug-likeness (QED) is 0.604. The summed E-state index contributed by atoms with van der Waals surface area (Å²) in [6, 6.07) is 9.53. The Bertz CT molecular complexity index is 1110. The number of esters is 1. The summed E-state index contributed by atoms with van der Waals surface area (Å²) in [6.45, 7) is 5.75. The third-order valence-corrected chi connectivity index (χ3v) is 6.64. The van der Waals surface area contributed by atoms with Gasteiger partial charge in [-0.2, -0.15) is 5.26 Å². The molecule has 3 rings (SSSR count). The molecule has 28 heavy (non-hydrogen) atoms. The standard InChI is InChI=1S/C20H19N3O3S2/c1-4-26-20(25)16-11(2)15-18(24)22-17(23-19(15)28-16)12(3)27-10-14-7-5-13(9-21)6-8-14/h5-8,12H,4,10H2,1-3H3,(H,22,23,24)/t12-/m0/s1. The van der Waals surface area contributed by atoms with Crippen LogP contribution in [0.15, 0.2) is 29.1 Å². The van der Waals surface area contributed by atoms with Crippen molar-refractivity contribution in [2.24, 2.45) is 0 Å². The number of H-pyrrole nitrogens is 1. The van der Waals surface area contributed by atoms with Crippen molar-refractivity contribution in [1.29, 1.82) is 5.26 Å². The average Bonchev–Trinajstić information content (AvgIpc) is 3.03. The van der Waals surface area contributed by atoms with Crippen molar-refractivity contribution in [3.05, 3.63) is 62.0 Å². The first-order valence-electron chi connectivity index (χ1n) is 8.75. The Morgan fingerprint density at radius 2 is 2.11 bits per heavy atom. The fourth-order valence-electron chi connectivity index (χ4n) is 2.72. The van der Waals surface area contributed by atoms with Crippen LogP contribution in [0.2, 0.25) is 0 Å². The zero-order valence-electron chi connectivity index (χ0n) is 15.7. The molecule has 2 heterocycles. The number of nitrogens with zero attached hydrogens (tertiary/aromatic N) is 2. The van der Waals surface area contributed by atoms with E-state index in [4.69, 9.17) is 10.00 Å². The molecule has 0 radical (unpaired) electrons. The van der Waals surface area contributed by atoms with Gasteiger partial charge in [-0.1, -0.05) is 12.1 Å². The smallest absolute Gasteiger partial charge is 0.348 e. The van der Waals surface area contributed by atoms with E-state index in [1.165, 1.54) is 11.3 Å². The highest BCUT2D eigenvalue weighted by atomic mass is 32.2. The van der Waals surface area contributed by atoms with E-state index >= 15 is 0 Å². The molecule has 0 fully saturated rings. The molecule has 6 nitrogen and oxygen atoms in total. The van der Waals surface area contributed by atoms with Gasteiger partial charge in [0, 0.05) is 5.75 Å². The van der Waals surface area contributed by atoms with Gasteiger partial charge in [0.1, 0.15) is 15.5 Å². The third-order valence-electron chi connectivity index (χ3n) is 4.25. The molecule has 1 aromatic carbocycles. The van der Waals surface area contributed by atoms with E-state index in [-0.39, 0.29) is 17.4 Å². The maximum atomic E-state index is 12.6. The number of aryl methyl sites for hydroxylation is 1. The molecular formula is C20H19N3O3S2. The maximum Gasteiger partial charge on any atom is 0.348 e. The van der Waals surface area contributed by atoms with Crippen LogP contribution >= 0.6 is 23.1 Å². The van der Waals surface area contributed by atoms with E-state index in [0.29, 0.717) is 32.0 Å². The molecule has 0 aliphatic rings. The fourth-order valence-corrected chi connectivity index (χ4v) is 4.71. The summed E-state index contributed by atoms with van der Waals surface area (Å²) in [6.07, 6.45) is 0. The molecule has 0 bridgehead atoms. The van der Waals surface area contributed by atoms with Crippen LogP contribution in [-0.4, -0.2) is 22.5 Å². The zero-order chi connectivity index (χ0) is 20.3. The zero-order valence-corrected chi connectivity index (χ0v) is 17.4. The lowest BCUT2D eigenvalue weighted by atomic mass is 10.2. The number of nitriles is 1. The molecule has 0 unspecified atom stereocenters. The topological polar surface area (TPSA) is 95.8 Å². The Hall–Kier alpha value is -2.63. The molecule has 0 aliphatic carbocycles. The Kier molecular flexibility index (Phi) is 6.17. The monoisotopic (exact) mass is 413 g/mol. The number of fused-ring (bicyclic) bond motifs is 1. The Morgan fingerprint density at radius 1 is 1.39 bits per heavy atom. The number of rotatable bonds is 6. The number of aromatic nitrogens is 2. The number of ether oxygens (including phenoxy) is 1. The third kappa shape index (κ3) is 4.11. The number of aromatic amines is 1. The second-order valence-electron chi connectivity index (χ2n) is 6.17. The second kappa shape index (κ2) is 8.59. The second-order valence-corrected chi connectivity index (χ2v) is 8.50. The van der Waals surface area contributed by atoms with E-state index in [9.17, 15) is 9.59 Å². The summed E-state index contributed by atoms with van der Waals surface area (Å²) in [4.78, 5) is 33.1. The van der Waals surface area contributed by atoms with Crippen molar-refractivity contribution in [2.75, 3.05) is 6.61 Å². The lowest BCUT2D eigenvalue weighted by Gasteiger charge is -2.10. The van der Waals surface area contributed by atoms with Crippen molar-refractivity contribution in [3.8, 4) is 6.07 Å². The van der Waals surface area contributed by atoms with Crippen molar-refractivity contribution in [3.63, 3.8) is 0 Å². The largest absolute Gasteiger partial charge is 0.462 e. The van der Waals surface area contributed by atoms with Crippen LogP contribution in [-0.2, 0) is 10.5 Å². The van der Waals surface area contributed by atoms with Crippen LogP contribution in [0.4, 0.5) is 0 Å². The molecule has 0 amide bonds. The van der Waals surface area contributed by atoms with Crippen LogP contribution in [0.3, 0.4) is 0 Å². The predicted molar refractivity (Wildman–Crippen MR) is 112 cm³/mol. The SMILES string of the molecule is CCOC(=O)c1sc2nc([C@H](C)SCc3ccc(C#N)cc3)[nH]c(=O)c2c1C. The summed E-state index contributed by atoms with van der Waals surface area (Å²) in [5.74, 6) is 0.881. The first kappa shape index (κ1) is 20.1. The van der Waals surface area contributed by atoms with Crippen LogP contribution in [0, 0.1) is 18.3 Å². The summed E-state index contributed by atoms with van der Waals surface area (Å²) in [5.41, 5.74) is 2.09. The summed E-state index contributed by atoms with van der Waals surface area (Å²) >= 11 is 2.83. The normalized spacial score (nSPS) is 11.9. The fraction of sp³-hybridized carbons (Fsp3) is 0.300. The molecule has 8 heteroatoms. The van der Waals surface area contributed by atoms with E-state index in [2.05, 4.69) is 16.0 Å². The minimum absolute atomic E-state index is 0.0406. The summed E-state index contributed by atoms with van der Waals surface area (Å²) in [7, 11) is 0. The van der Waals surface area contributed by atoms with Gasteiger partial charge < -0.3 is 9.72 Å². The van der Waals surface area contributed by atoms with Crippen LogP contribution < -0.4 is 5.56 Å². The molecule has 1 atom stereocenters. The number of nitrogens with one attached hydrogen (secondary N) is 1. The highest BCUT2D eigenvalue weighted by Gasteiger charge is 2.21. The van der Waals surface area contributed by atoms with Crippen LogP contribution in [0.1, 0.15) is 51.3 Å². The average molecular weight is 414 g/mol. The number of thioether (sulfide) groups is 1. The van der Waals surface area contributed by atoms with Crippen LogP contribution in [0.5, 0.6) is 0 Å². The van der Waals surface area contributed by atoms with E-state index in [1.807, 2.05) is 19.1 Å².